The SMILES string of the molecule is C[C@@]1(N)OS(=O)(=O)O[C@@]1(O)c1ccccc1. The van der Waals surface area contributed by atoms with Crippen molar-refractivity contribution in [1.29, 1.82) is 0 Å². The van der Waals surface area contributed by atoms with Gasteiger partial charge in [0, 0.05) is 5.56 Å². The molecule has 1 aromatic rings. The van der Waals surface area contributed by atoms with Crippen molar-refractivity contribution in [2.45, 2.75) is 18.4 Å². The van der Waals surface area contributed by atoms with Crippen LogP contribution in [-0.2, 0) is 24.6 Å². The van der Waals surface area contributed by atoms with Crippen LogP contribution in [0.5, 0.6) is 0 Å². The molecule has 0 unspecified atom stereocenters. The van der Waals surface area contributed by atoms with Gasteiger partial charge in [0.1, 0.15) is 0 Å². The van der Waals surface area contributed by atoms with E-state index in [1.54, 1.807) is 18.2 Å². The van der Waals surface area contributed by atoms with E-state index in [1.807, 2.05) is 0 Å². The highest BCUT2D eigenvalue weighted by Gasteiger charge is 2.60. The van der Waals surface area contributed by atoms with E-state index >= 15 is 0 Å². The second-order valence-electron chi connectivity index (χ2n) is 3.69. The summed E-state index contributed by atoms with van der Waals surface area (Å²) < 4.78 is 31.3. The normalized spacial score (nSPS) is 37.4. The zero-order valence-electron chi connectivity index (χ0n) is 8.45. The van der Waals surface area contributed by atoms with E-state index in [2.05, 4.69) is 8.37 Å². The molecule has 0 bridgehead atoms. The van der Waals surface area contributed by atoms with Gasteiger partial charge >= 0.3 is 10.4 Å². The van der Waals surface area contributed by atoms with Crippen molar-refractivity contribution in [3.63, 3.8) is 0 Å². The van der Waals surface area contributed by atoms with E-state index < -0.39 is 21.9 Å². The molecule has 0 radical (unpaired) electrons. The van der Waals surface area contributed by atoms with Gasteiger partial charge in [-0.15, -0.1) is 0 Å². The minimum Gasteiger partial charge on any atom is -0.358 e. The Labute approximate surface area is 92.9 Å². The third-order valence-corrected chi connectivity index (χ3v) is 3.33. The molecule has 0 saturated carbocycles. The molecule has 88 valence electrons. The summed E-state index contributed by atoms with van der Waals surface area (Å²) in [5.74, 6) is -2.22. The molecule has 6 nitrogen and oxygen atoms in total. The van der Waals surface area contributed by atoms with Gasteiger partial charge < -0.3 is 5.11 Å². The van der Waals surface area contributed by atoms with E-state index in [0.29, 0.717) is 0 Å². The van der Waals surface area contributed by atoms with Gasteiger partial charge in [-0.3, -0.25) is 5.73 Å². The molecule has 0 aliphatic carbocycles. The Morgan fingerprint density at radius 2 is 1.81 bits per heavy atom. The van der Waals surface area contributed by atoms with E-state index in [-0.39, 0.29) is 5.56 Å². The standard InChI is InChI=1S/C9H11NO5S/c1-8(10)9(11,15-16(12,13)14-8)7-5-3-2-4-6-7/h2-6,11H,10H2,1H3/t8-,9+/m1/s1. The van der Waals surface area contributed by atoms with Crippen LogP contribution in [-0.4, -0.2) is 19.2 Å². The predicted molar refractivity (Wildman–Crippen MR) is 54.0 cm³/mol. The fraction of sp³-hybridized carbons (Fsp3) is 0.333. The molecule has 16 heavy (non-hydrogen) atoms. The maximum absolute atomic E-state index is 11.2. The first-order valence-electron chi connectivity index (χ1n) is 4.50. The Morgan fingerprint density at radius 3 is 2.25 bits per heavy atom. The minimum absolute atomic E-state index is 0.209. The van der Waals surface area contributed by atoms with E-state index in [4.69, 9.17) is 5.73 Å². The van der Waals surface area contributed by atoms with E-state index in [9.17, 15) is 13.5 Å². The second kappa shape index (κ2) is 3.25. The van der Waals surface area contributed by atoms with Crippen molar-refractivity contribution < 1.29 is 21.9 Å². The van der Waals surface area contributed by atoms with Gasteiger partial charge in [0.15, 0.2) is 5.72 Å². The fourth-order valence-electron chi connectivity index (χ4n) is 1.51. The van der Waals surface area contributed by atoms with Gasteiger partial charge in [0.05, 0.1) is 0 Å². The van der Waals surface area contributed by atoms with Crippen LogP contribution in [0.1, 0.15) is 12.5 Å². The summed E-state index contributed by atoms with van der Waals surface area (Å²) in [7, 11) is -4.28. The van der Waals surface area contributed by atoms with Crippen LogP contribution in [0.15, 0.2) is 30.3 Å². The van der Waals surface area contributed by atoms with E-state index in [1.165, 1.54) is 19.1 Å². The minimum atomic E-state index is -4.28. The highest BCUT2D eigenvalue weighted by Crippen LogP contribution is 2.42. The number of hydrogen-bond acceptors (Lipinski definition) is 6. The lowest BCUT2D eigenvalue weighted by molar-refractivity contribution is -0.204. The summed E-state index contributed by atoms with van der Waals surface area (Å²) in [6.45, 7) is 1.23. The first kappa shape index (κ1) is 11.5. The smallest absolute Gasteiger partial charge is 0.358 e. The van der Waals surface area contributed by atoms with Gasteiger partial charge in [-0.2, -0.15) is 8.42 Å². The average molecular weight is 245 g/mol. The Hall–Kier alpha value is -0.990. The Morgan fingerprint density at radius 1 is 1.25 bits per heavy atom. The van der Waals surface area contributed by atoms with Gasteiger partial charge in [-0.05, 0) is 6.92 Å². The van der Waals surface area contributed by atoms with Crippen molar-refractivity contribution in [3.05, 3.63) is 35.9 Å². The molecule has 1 aliphatic heterocycles. The van der Waals surface area contributed by atoms with Crippen molar-refractivity contribution in [3.8, 4) is 0 Å². The third kappa shape index (κ3) is 1.62. The first-order chi connectivity index (χ1) is 7.27. The zero-order valence-corrected chi connectivity index (χ0v) is 9.27. The Kier molecular flexibility index (Phi) is 2.34. The lowest BCUT2D eigenvalue weighted by atomic mass is 9.97. The van der Waals surface area contributed by atoms with Crippen LogP contribution in [0.2, 0.25) is 0 Å². The van der Waals surface area contributed by atoms with Crippen molar-refractivity contribution in [1.82, 2.24) is 0 Å². The summed E-state index contributed by atoms with van der Waals surface area (Å²) in [5.41, 5.74) is 3.93. The number of aliphatic hydroxyl groups is 1. The number of benzene rings is 1. The zero-order chi connectivity index (χ0) is 12.0. The highest BCUT2D eigenvalue weighted by molar-refractivity contribution is 7.82. The van der Waals surface area contributed by atoms with Crippen LogP contribution in [0.3, 0.4) is 0 Å². The van der Waals surface area contributed by atoms with Crippen molar-refractivity contribution in [2.75, 3.05) is 0 Å². The molecule has 1 saturated heterocycles. The first-order valence-corrected chi connectivity index (χ1v) is 5.83. The topological polar surface area (TPSA) is 98.9 Å². The predicted octanol–water partition coefficient (Wildman–Crippen LogP) is -0.202. The molecule has 1 heterocycles. The number of hydrogen-bond donors (Lipinski definition) is 2. The maximum Gasteiger partial charge on any atom is 0.405 e. The van der Waals surface area contributed by atoms with Crippen LogP contribution in [0, 0.1) is 0 Å². The highest BCUT2D eigenvalue weighted by atomic mass is 32.3. The van der Waals surface area contributed by atoms with Crippen molar-refractivity contribution >= 4 is 10.4 Å². The summed E-state index contributed by atoms with van der Waals surface area (Å²) >= 11 is 0. The van der Waals surface area contributed by atoms with Gasteiger partial charge in [-0.25, -0.2) is 8.37 Å². The summed E-state index contributed by atoms with van der Waals surface area (Å²) in [6, 6.07) is 7.95. The molecule has 2 rings (SSSR count). The molecule has 0 spiro atoms. The maximum atomic E-state index is 11.2. The van der Waals surface area contributed by atoms with Gasteiger partial charge in [-0.1, -0.05) is 30.3 Å². The molecule has 3 N–H and O–H groups in total. The summed E-state index contributed by atoms with van der Waals surface area (Å²) in [5, 5.41) is 10.2. The molecule has 1 aromatic carbocycles. The largest absolute Gasteiger partial charge is 0.405 e. The van der Waals surface area contributed by atoms with E-state index in [0.717, 1.165) is 0 Å². The summed E-state index contributed by atoms with van der Waals surface area (Å²) in [6.07, 6.45) is 0. The average Bonchev–Trinajstić information content (AvgIpc) is 2.33. The molecular formula is C9H11NO5S. The quantitative estimate of drug-likeness (QED) is 0.710. The lowest BCUT2D eigenvalue weighted by Crippen LogP contribution is -2.54. The Balaban J connectivity index is 2.55. The number of nitrogens with two attached hydrogens (primary N) is 1. The molecule has 1 fully saturated rings. The molecule has 0 aromatic heterocycles. The monoisotopic (exact) mass is 245 g/mol. The van der Waals surface area contributed by atoms with Gasteiger partial charge in [0.25, 0.3) is 5.79 Å². The third-order valence-electron chi connectivity index (χ3n) is 2.34. The Bertz CT molecular complexity index is 498. The summed E-state index contributed by atoms with van der Waals surface area (Å²) in [4.78, 5) is 0. The molecule has 0 amide bonds. The molecule has 2 atom stereocenters. The lowest BCUT2D eigenvalue weighted by Gasteiger charge is -2.30. The number of rotatable bonds is 1. The van der Waals surface area contributed by atoms with Crippen molar-refractivity contribution in [2.24, 2.45) is 5.73 Å². The van der Waals surface area contributed by atoms with Crippen LogP contribution in [0.25, 0.3) is 0 Å². The van der Waals surface area contributed by atoms with Gasteiger partial charge in [0.2, 0.25) is 0 Å². The second-order valence-corrected chi connectivity index (χ2v) is 4.84. The molecule has 1 aliphatic rings. The molecular weight excluding hydrogens is 234 g/mol. The van der Waals surface area contributed by atoms with Crippen LogP contribution < -0.4 is 5.73 Å². The van der Waals surface area contributed by atoms with Crippen LogP contribution >= 0.6 is 0 Å². The van der Waals surface area contributed by atoms with Crippen LogP contribution in [0.4, 0.5) is 0 Å². The fourth-order valence-corrected chi connectivity index (χ4v) is 2.64. The molecule has 7 heteroatoms.